The van der Waals surface area contributed by atoms with Crippen molar-refractivity contribution in [3.63, 3.8) is 0 Å². The number of allylic oxidation sites excluding steroid dienone is 1. The third kappa shape index (κ3) is 1.53. The quantitative estimate of drug-likeness (QED) is 0.849. The maximum absolute atomic E-state index is 10.0. The Kier molecular flexibility index (Phi) is 3.00. The first-order valence-corrected chi connectivity index (χ1v) is 7.66. The van der Waals surface area contributed by atoms with Crippen molar-refractivity contribution in [1.29, 1.82) is 10.5 Å². The van der Waals surface area contributed by atoms with Crippen molar-refractivity contribution in [2.75, 3.05) is 7.11 Å². The van der Waals surface area contributed by atoms with Crippen molar-refractivity contribution in [3.05, 3.63) is 71.8 Å². The first-order chi connectivity index (χ1) is 11.7. The first-order valence-electron chi connectivity index (χ1n) is 7.66. The highest BCUT2D eigenvalue weighted by Gasteiger charge is 2.69. The van der Waals surface area contributed by atoms with Gasteiger partial charge in [0.05, 0.1) is 12.1 Å². The molecule has 1 heterocycles. The molecule has 2 aliphatic rings. The highest BCUT2D eigenvalue weighted by atomic mass is 16.7. The Morgan fingerprint density at radius 2 is 1.67 bits per heavy atom. The molecule has 0 fully saturated rings. The van der Waals surface area contributed by atoms with E-state index >= 15 is 0 Å². The van der Waals surface area contributed by atoms with E-state index in [0.29, 0.717) is 5.75 Å². The molecule has 0 bridgehead atoms. The van der Waals surface area contributed by atoms with Crippen LogP contribution in [0.15, 0.2) is 60.7 Å². The van der Waals surface area contributed by atoms with Crippen LogP contribution in [-0.4, -0.2) is 12.9 Å². The molecular formula is C20H14N2O2. The Balaban J connectivity index is 2.01. The van der Waals surface area contributed by atoms with E-state index in [4.69, 9.17) is 9.47 Å². The Bertz CT molecular complexity index is 907. The molecule has 4 heteroatoms. The van der Waals surface area contributed by atoms with Crippen molar-refractivity contribution in [2.45, 2.75) is 11.7 Å². The summed E-state index contributed by atoms with van der Waals surface area (Å²) in [5.41, 5.74) is 1.00. The minimum Gasteiger partial charge on any atom is -0.454 e. The minimum atomic E-state index is -1.50. The summed E-state index contributed by atoms with van der Waals surface area (Å²) >= 11 is 0. The number of fused-ring (bicyclic) bond motifs is 3. The molecule has 0 amide bonds. The standard InChI is InChI=1S/C20H14N2O2/c1-23-20-17(15-9-5-6-10-18(15)24-20)11-16(19(20,12-21)13-22)14-7-3-2-4-8-14/h2-11,16H,1H3/t16-,20-/m0/s1. The Morgan fingerprint density at radius 3 is 2.33 bits per heavy atom. The SMILES string of the molecule is CO[C@]12Oc3ccccc3C1=C[C@@H](c1ccccc1)C2(C#N)C#N. The molecule has 0 saturated heterocycles. The Hall–Kier alpha value is -3.08. The maximum Gasteiger partial charge on any atom is 0.270 e. The van der Waals surface area contributed by atoms with Crippen LogP contribution in [0, 0.1) is 28.1 Å². The molecule has 2 atom stereocenters. The van der Waals surface area contributed by atoms with Gasteiger partial charge in [-0.05, 0) is 11.6 Å². The predicted octanol–water partition coefficient (Wildman–Crippen LogP) is 3.64. The van der Waals surface area contributed by atoms with Crippen LogP contribution in [0.25, 0.3) is 5.57 Å². The summed E-state index contributed by atoms with van der Waals surface area (Å²) in [4.78, 5) is 0. The Labute approximate surface area is 140 Å². The fraction of sp³-hybridized carbons (Fsp3) is 0.200. The van der Waals surface area contributed by atoms with Crippen LogP contribution in [-0.2, 0) is 4.74 Å². The lowest BCUT2D eigenvalue weighted by atomic mass is 9.72. The Morgan fingerprint density at radius 1 is 1.00 bits per heavy atom. The van der Waals surface area contributed by atoms with Gasteiger partial charge in [-0.2, -0.15) is 10.5 Å². The van der Waals surface area contributed by atoms with Crippen LogP contribution in [0.3, 0.4) is 0 Å². The van der Waals surface area contributed by atoms with E-state index in [-0.39, 0.29) is 0 Å². The summed E-state index contributed by atoms with van der Waals surface area (Å²) in [7, 11) is 1.48. The van der Waals surface area contributed by atoms with Gasteiger partial charge in [0.2, 0.25) is 5.41 Å². The largest absolute Gasteiger partial charge is 0.454 e. The fourth-order valence-corrected chi connectivity index (χ4v) is 3.78. The summed E-state index contributed by atoms with van der Waals surface area (Å²) in [6.07, 6.45) is 1.94. The van der Waals surface area contributed by atoms with Gasteiger partial charge in [0.15, 0.2) is 0 Å². The van der Waals surface area contributed by atoms with Gasteiger partial charge < -0.3 is 9.47 Å². The molecule has 1 aliphatic heterocycles. The number of ether oxygens (including phenoxy) is 2. The zero-order valence-corrected chi connectivity index (χ0v) is 13.1. The van der Waals surface area contributed by atoms with Gasteiger partial charge in [0.1, 0.15) is 5.75 Å². The van der Waals surface area contributed by atoms with Crippen LogP contribution in [0.2, 0.25) is 0 Å². The smallest absolute Gasteiger partial charge is 0.270 e. The van der Waals surface area contributed by atoms with Crippen molar-refractivity contribution in [2.24, 2.45) is 5.41 Å². The van der Waals surface area contributed by atoms with E-state index in [1.165, 1.54) is 7.11 Å². The monoisotopic (exact) mass is 314 g/mol. The van der Waals surface area contributed by atoms with Crippen LogP contribution >= 0.6 is 0 Å². The normalized spacial score (nSPS) is 25.6. The number of hydrogen-bond donors (Lipinski definition) is 0. The number of benzene rings is 2. The number of para-hydroxylation sites is 1. The van der Waals surface area contributed by atoms with E-state index in [0.717, 1.165) is 16.7 Å². The molecule has 1 aliphatic carbocycles. The van der Waals surface area contributed by atoms with Crippen molar-refractivity contribution < 1.29 is 9.47 Å². The zero-order chi connectivity index (χ0) is 16.8. The topological polar surface area (TPSA) is 66.0 Å². The van der Waals surface area contributed by atoms with Crippen LogP contribution < -0.4 is 4.74 Å². The van der Waals surface area contributed by atoms with Crippen molar-refractivity contribution >= 4 is 5.57 Å². The van der Waals surface area contributed by atoms with E-state index in [1.54, 1.807) is 0 Å². The minimum absolute atomic E-state index is 0.433. The third-order valence-electron chi connectivity index (χ3n) is 4.90. The lowest BCUT2D eigenvalue weighted by Gasteiger charge is -2.36. The summed E-state index contributed by atoms with van der Waals surface area (Å²) in [5, 5.41) is 20.0. The second-order valence-corrected chi connectivity index (χ2v) is 5.92. The summed E-state index contributed by atoms with van der Waals surface area (Å²) in [6.45, 7) is 0. The highest BCUT2D eigenvalue weighted by molar-refractivity contribution is 5.85. The molecular weight excluding hydrogens is 300 g/mol. The summed E-state index contributed by atoms with van der Waals surface area (Å²) in [5.74, 6) is -1.22. The molecule has 0 radical (unpaired) electrons. The number of hydrogen-bond acceptors (Lipinski definition) is 4. The molecule has 0 unspecified atom stereocenters. The first kappa shape index (κ1) is 14.5. The predicted molar refractivity (Wildman–Crippen MR) is 87.6 cm³/mol. The molecule has 0 spiro atoms. The average Bonchev–Trinajstić information content (AvgIpc) is 3.11. The average molecular weight is 314 g/mol. The van der Waals surface area contributed by atoms with Crippen molar-refractivity contribution in [1.82, 2.24) is 0 Å². The van der Waals surface area contributed by atoms with Gasteiger partial charge in [0.25, 0.3) is 5.79 Å². The lowest BCUT2D eigenvalue weighted by molar-refractivity contribution is -0.151. The van der Waals surface area contributed by atoms with E-state index in [2.05, 4.69) is 12.1 Å². The van der Waals surface area contributed by atoms with Crippen LogP contribution in [0.1, 0.15) is 17.0 Å². The van der Waals surface area contributed by atoms with Crippen LogP contribution in [0.5, 0.6) is 5.75 Å². The summed E-state index contributed by atoms with van der Waals surface area (Å²) < 4.78 is 11.8. The van der Waals surface area contributed by atoms with Gasteiger partial charge in [-0.3, -0.25) is 0 Å². The summed E-state index contributed by atoms with van der Waals surface area (Å²) in [6, 6.07) is 21.5. The zero-order valence-electron chi connectivity index (χ0n) is 13.1. The van der Waals surface area contributed by atoms with Gasteiger partial charge in [-0.25, -0.2) is 0 Å². The van der Waals surface area contributed by atoms with E-state index in [9.17, 15) is 10.5 Å². The van der Waals surface area contributed by atoms with Gasteiger partial charge >= 0.3 is 0 Å². The number of methoxy groups -OCH3 is 1. The van der Waals surface area contributed by atoms with Gasteiger partial charge in [-0.1, -0.05) is 54.6 Å². The molecule has 2 aromatic carbocycles. The van der Waals surface area contributed by atoms with E-state index in [1.807, 2.05) is 60.7 Å². The molecule has 116 valence electrons. The molecule has 24 heavy (non-hydrogen) atoms. The molecule has 0 N–H and O–H groups in total. The molecule has 4 nitrogen and oxygen atoms in total. The number of nitrogens with zero attached hydrogens (tertiary/aromatic N) is 2. The van der Waals surface area contributed by atoms with E-state index < -0.39 is 17.1 Å². The lowest BCUT2D eigenvalue weighted by Crippen LogP contribution is -2.50. The number of nitriles is 2. The van der Waals surface area contributed by atoms with Gasteiger partial charge in [-0.15, -0.1) is 0 Å². The highest BCUT2D eigenvalue weighted by Crippen LogP contribution is 2.63. The molecule has 2 aromatic rings. The molecule has 4 rings (SSSR count). The fourth-order valence-electron chi connectivity index (χ4n) is 3.78. The van der Waals surface area contributed by atoms with Crippen molar-refractivity contribution in [3.8, 4) is 17.9 Å². The van der Waals surface area contributed by atoms with Crippen LogP contribution in [0.4, 0.5) is 0 Å². The third-order valence-corrected chi connectivity index (χ3v) is 4.90. The molecule has 0 aromatic heterocycles. The second-order valence-electron chi connectivity index (χ2n) is 5.92. The maximum atomic E-state index is 10.0. The van der Waals surface area contributed by atoms with Gasteiger partial charge in [0, 0.05) is 24.2 Å². The molecule has 0 saturated carbocycles. The number of rotatable bonds is 2. The second kappa shape index (κ2) is 4.96.